The first-order valence-electron chi connectivity index (χ1n) is 2.90. The number of hydrogen-bond acceptors (Lipinski definition) is 3. The summed E-state index contributed by atoms with van der Waals surface area (Å²) in [7, 11) is 3.47. The normalized spacial score (nSPS) is 15.9. The van der Waals surface area contributed by atoms with E-state index in [9.17, 15) is 0 Å². The molecule has 0 aromatic carbocycles. The first-order chi connectivity index (χ1) is 4.63. The van der Waals surface area contributed by atoms with E-state index in [2.05, 4.69) is 11.8 Å². The first-order valence-corrected chi connectivity index (χ1v) is 5.56. The Balaban J connectivity index is 3.93. The van der Waals surface area contributed by atoms with Gasteiger partial charge in [0, 0.05) is 20.9 Å². The Morgan fingerprint density at radius 1 is 1.80 bits per heavy atom. The van der Waals surface area contributed by atoms with Crippen molar-refractivity contribution in [3.05, 3.63) is 0 Å². The molecular formula is C5H13N2OPS. The SMILES string of the molecule is C=NN(C)[PH](=S)C(C)OC. The average molecular weight is 180 g/mol. The van der Waals surface area contributed by atoms with Crippen molar-refractivity contribution < 1.29 is 4.74 Å². The zero-order valence-electron chi connectivity index (χ0n) is 6.50. The van der Waals surface area contributed by atoms with Gasteiger partial charge in [0.1, 0.15) is 0 Å². The minimum atomic E-state index is -1.08. The predicted octanol–water partition coefficient (Wildman–Crippen LogP) is 1.12. The van der Waals surface area contributed by atoms with E-state index >= 15 is 0 Å². The largest absolute Gasteiger partial charge is 0.375 e. The molecule has 2 atom stereocenters. The smallest absolute Gasteiger partial charge is 0.0987 e. The van der Waals surface area contributed by atoms with Crippen LogP contribution in [0.5, 0.6) is 0 Å². The van der Waals surface area contributed by atoms with Crippen LogP contribution < -0.4 is 0 Å². The summed E-state index contributed by atoms with van der Waals surface area (Å²) in [6.07, 6.45) is 0. The second-order valence-corrected chi connectivity index (χ2v) is 5.27. The van der Waals surface area contributed by atoms with Gasteiger partial charge in [0.15, 0.2) is 0 Å². The van der Waals surface area contributed by atoms with Gasteiger partial charge in [-0.25, -0.2) is 0 Å². The second-order valence-electron chi connectivity index (χ2n) is 1.88. The second kappa shape index (κ2) is 4.83. The van der Waals surface area contributed by atoms with Crippen LogP contribution >= 0.6 is 6.85 Å². The fourth-order valence-corrected chi connectivity index (χ4v) is 1.76. The van der Waals surface area contributed by atoms with Crippen LogP contribution in [-0.4, -0.2) is 31.5 Å². The Kier molecular flexibility index (Phi) is 4.87. The molecule has 0 saturated heterocycles. The molecule has 0 amide bonds. The van der Waals surface area contributed by atoms with E-state index in [1.165, 1.54) is 0 Å². The number of methoxy groups -OCH3 is 1. The van der Waals surface area contributed by atoms with Gasteiger partial charge in [-0.1, -0.05) is 11.8 Å². The van der Waals surface area contributed by atoms with Crippen molar-refractivity contribution >= 4 is 25.4 Å². The predicted molar refractivity (Wildman–Crippen MR) is 49.5 cm³/mol. The fourth-order valence-electron chi connectivity index (χ4n) is 0.434. The highest BCUT2D eigenvalue weighted by Crippen LogP contribution is 2.31. The van der Waals surface area contributed by atoms with Gasteiger partial charge in [-0.05, 0) is 6.92 Å². The third-order valence-electron chi connectivity index (χ3n) is 1.23. The molecule has 2 unspecified atom stereocenters. The molecule has 3 nitrogen and oxygen atoms in total. The lowest BCUT2D eigenvalue weighted by molar-refractivity contribution is 0.180. The van der Waals surface area contributed by atoms with Crippen LogP contribution in [0.25, 0.3) is 0 Å². The van der Waals surface area contributed by atoms with Crippen molar-refractivity contribution in [2.75, 3.05) is 14.2 Å². The van der Waals surface area contributed by atoms with Crippen LogP contribution in [0.15, 0.2) is 5.10 Å². The van der Waals surface area contributed by atoms with E-state index < -0.39 is 6.85 Å². The average Bonchev–Trinajstić information content (AvgIpc) is 2.00. The van der Waals surface area contributed by atoms with Gasteiger partial charge in [0.2, 0.25) is 0 Å². The highest BCUT2D eigenvalue weighted by atomic mass is 32.4. The molecule has 60 valence electrons. The molecule has 0 aliphatic carbocycles. The number of hydrogen-bond donors (Lipinski definition) is 0. The van der Waals surface area contributed by atoms with E-state index in [-0.39, 0.29) is 5.85 Å². The zero-order valence-corrected chi connectivity index (χ0v) is 8.31. The molecule has 5 heteroatoms. The topological polar surface area (TPSA) is 24.8 Å². The molecule has 0 rings (SSSR count). The number of rotatable bonds is 4. The molecule has 0 aromatic heterocycles. The summed E-state index contributed by atoms with van der Waals surface area (Å²) in [5.74, 6) is 0.107. The molecule has 0 saturated carbocycles. The van der Waals surface area contributed by atoms with Crippen LogP contribution in [0.1, 0.15) is 6.92 Å². The van der Waals surface area contributed by atoms with Crippen molar-refractivity contribution in [3.63, 3.8) is 0 Å². The minimum Gasteiger partial charge on any atom is -0.375 e. The first kappa shape index (κ1) is 10.1. The highest BCUT2D eigenvalue weighted by molar-refractivity contribution is 8.04. The van der Waals surface area contributed by atoms with Crippen molar-refractivity contribution in [1.82, 2.24) is 4.78 Å². The number of hydrazone groups is 1. The summed E-state index contributed by atoms with van der Waals surface area (Å²) in [5.41, 5.74) is 0. The van der Waals surface area contributed by atoms with Gasteiger partial charge in [0.05, 0.1) is 12.7 Å². The van der Waals surface area contributed by atoms with Crippen LogP contribution in [-0.2, 0) is 16.5 Å². The lowest BCUT2D eigenvalue weighted by Crippen LogP contribution is -2.08. The fraction of sp³-hybridized carbons (Fsp3) is 0.800. The van der Waals surface area contributed by atoms with Crippen LogP contribution in [0, 0.1) is 0 Å². The summed E-state index contributed by atoms with van der Waals surface area (Å²) < 4.78 is 6.75. The summed E-state index contributed by atoms with van der Waals surface area (Å²) in [5, 5.41) is 3.70. The molecule has 0 fully saturated rings. The van der Waals surface area contributed by atoms with Crippen molar-refractivity contribution in [2.24, 2.45) is 5.10 Å². The summed E-state index contributed by atoms with van der Waals surface area (Å²) in [6.45, 7) is 4.24. The number of nitrogens with zero attached hydrogens (tertiary/aromatic N) is 2. The van der Waals surface area contributed by atoms with Crippen molar-refractivity contribution in [1.29, 1.82) is 0 Å². The van der Waals surface area contributed by atoms with Crippen molar-refractivity contribution in [2.45, 2.75) is 12.8 Å². The van der Waals surface area contributed by atoms with Crippen LogP contribution in [0.3, 0.4) is 0 Å². The molecular weight excluding hydrogens is 167 g/mol. The van der Waals surface area contributed by atoms with E-state index in [4.69, 9.17) is 16.5 Å². The third-order valence-corrected chi connectivity index (χ3v) is 4.73. The summed E-state index contributed by atoms with van der Waals surface area (Å²) in [6, 6.07) is 0. The van der Waals surface area contributed by atoms with E-state index in [0.29, 0.717) is 0 Å². The van der Waals surface area contributed by atoms with Crippen LogP contribution in [0.4, 0.5) is 0 Å². The van der Waals surface area contributed by atoms with E-state index in [1.54, 1.807) is 11.9 Å². The Morgan fingerprint density at radius 3 is 2.60 bits per heavy atom. The quantitative estimate of drug-likeness (QED) is 0.368. The monoisotopic (exact) mass is 180 g/mol. The molecule has 0 radical (unpaired) electrons. The minimum absolute atomic E-state index is 0.107. The Morgan fingerprint density at radius 2 is 2.30 bits per heavy atom. The molecule has 0 N–H and O–H groups in total. The zero-order chi connectivity index (χ0) is 8.15. The Bertz CT molecular complexity index is 142. The maximum absolute atomic E-state index is 5.15. The molecule has 10 heavy (non-hydrogen) atoms. The maximum atomic E-state index is 5.15. The van der Waals surface area contributed by atoms with Gasteiger partial charge in [0.25, 0.3) is 0 Å². The summed E-state index contributed by atoms with van der Waals surface area (Å²) >= 11 is 5.15. The Hall–Kier alpha value is 0.0800. The maximum Gasteiger partial charge on any atom is 0.0987 e. The molecule has 0 spiro atoms. The van der Waals surface area contributed by atoms with Gasteiger partial charge in [-0.15, -0.1) is 0 Å². The highest BCUT2D eigenvalue weighted by Gasteiger charge is 2.07. The standard InChI is InChI=1S/C5H13N2OPS/c1-5(8-4)9(10)7(3)6-2/h5,9H,2H2,1,3-4H3. The van der Waals surface area contributed by atoms with Crippen LogP contribution in [0.2, 0.25) is 0 Å². The lowest BCUT2D eigenvalue weighted by Gasteiger charge is -2.19. The Labute approximate surface area is 67.5 Å². The number of ether oxygens (including phenoxy) is 1. The molecule has 0 heterocycles. The lowest BCUT2D eigenvalue weighted by atomic mass is 10.9. The summed E-state index contributed by atoms with van der Waals surface area (Å²) in [4.78, 5) is 0. The molecule has 0 bridgehead atoms. The van der Waals surface area contributed by atoms with Gasteiger partial charge < -0.3 is 4.74 Å². The van der Waals surface area contributed by atoms with Crippen molar-refractivity contribution in [3.8, 4) is 0 Å². The van der Waals surface area contributed by atoms with E-state index in [0.717, 1.165) is 0 Å². The van der Waals surface area contributed by atoms with Gasteiger partial charge in [-0.2, -0.15) is 5.10 Å². The van der Waals surface area contributed by atoms with Gasteiger partial charge in [-0.3, -0.25) is 4.78 Å². The third kappa shape index (κ3) is 2.78. The molecule has 0 aromatic rings. The molecule has 0 aliphatic rings. The van der Waals surface area contributed by atoms with E-state index in [1.807, 2.05) is 14.0 Å². The molecule has 0 aliphatic heterocycles. The van der Waals surface area contributed by atoms with Gasteiger partial charge >= 0.3 is 0 Å².